The zero-order valence-corrected chi connectivity index (χ0v) is 23.4. The highest BCUT2D eigenvalue weighted by Gasteiger charge is 2.45. The van der Waals surface area contributed by atoms with Crippen molar-refractivity contribution in [2.24, 2.45) is 0 Å². The van der Waals surface area contributed by atoms with E-state index in [-0.39, 0.29) is 29.6 Å². The summed E-state index contributed by atoms with van der Waals surface area (Å²) in [6.07, 6.45) is -0.781. The smallest absolute Gasteiger partial charge is 0.379 e. The van der Waals surface area contributed by atoms with E-state index >= 15 is 0 Å². The first kappa shape index (κ1) is 28.0. The van der Waals surface area contributed by atoms with Gasteiger partial charge < -0.3 is 9.64 Å². The van der Waals surface area contributed by atoms with Crippen molar-refractivity contribution in [3.05, 3.63) is 58.2 Å². The Hall–Kier alpha value is -2.56. The van der Waals surface area contributed by atoms with Crippen LogP contribution in [0.3, 0.4) is 0 Å². The number of ether oxygens (including phenoxy) is 1. The molecule has 1 aromatic carbocycles. The van der Waals surface area contributed by atoms with E-state index in [2.05, 4.69) is 33.6 Å². The van der Waals surface area contributed by atoms with Crippen LogP contribution in [0.2, 0.25) is 0 Å². The van der Waals surface area contributed by atoms with E-state index in [1.165, 1.54) is 18.5 Å². The Kier molecular flexibility index (Phi) is 7.50. The Morgan fingerprint density at radius 3 is 2.33 bits per heavy atom. The number of benzene rings is 1. The second-order valence-corrected chi connectivity index (χ2v) is 11.6. The molecule has 2 fully saturated rings. The van der Waals surface area contributed by atoms with Gasteiger partial charge in [0, 0.05) is 57.8 Å². The number of piperidine rings is 1. The Morgan fingerprint density at radius 2 is 1.74 bits per heavy atom. The molecule has 1 aromatic heterocycles. The Balaban J connectivity index is 1.25. The van der Waals surface area contributed by atoms with Crippen molar-refractivity contribution in [1.82, 2.24) is 24.7 Å². The number of carbonyl (C=O) groups is 1. The number of alkyl halides is 3. The van der Waals surface area contributed by atoms with E-state index in [4.69, 9.17) is 4.74 Å². The number of piperazine rings is 1. The number of hydrogen-bond donors (Lipinski definition) is 0. The highest BCUT2D eigenvalue weighted by atomic mass is 19.4. The third-order valence-corrected chi connectivity index (χ3v) is 9.23. The summed E-state index contributed by atoms with van der Waals surface area (Å²) in [4.78, 5) is 28.6. The van der Waals surface area contributed by atoms with Gasteiger partial charge in [0.2, 0.25) is 0 Å². The summed E-state index contributed by atoms with van der Waals surface area (Å²) in [5.41, 5.74) is 3.09. The molecule has 0 radical (unpaired) electrons. The lowest BCUT2D eigenvalue weighted by atomic mass is 9.86. The third-order valence-electron chi connectivity index (χ3n) is 9.23. The predicted molar refractivity (Wildman–Crippen MR) is 141 cm³/mol. The fourth-order valence-electron chi connectivity index (χ4n) is 6.82. The molecule has 0 N–H and O–H groups in total. The molecule has 10 heteroatoms. The number of aryl methyl sites for hydroxylation is 2. The maximum absolute atomic E-state index is 13.3. The largest absolute Gasteiger partial charge is 0.416 e. The highest BCUT2D eigenvalue weighted by molar-refractivity contribution is 5.96. The normalized spacial score (nSPS) is 26.1. The van der Waals surface area contributed by atoms with Crippen molar-refractivity contribution >= 4 is 5.91 Å². The summed E-state index contributed by atoms with van der Waals surface area (Å²) < 4.78 is 45.8. The molecule has 7 nitrogen and oxygen atoms in total. The maximum Gasteiger partial charge on any atom is 0.416 e. The minimum absolute atomic E-state index is 0.00465. The standard InChI is InChI=1S/C29H38F3N5O2/c1-18-16-36(28(4)8-10-35(11-9-28)27(38)25-19(2)33-17-34-20(25)3)12-13-37(18)26-23-7-6-22(29(30,31)32)14-21(23)15-24(26)39-5/h6-7,14,17-18,24,26H,8-13,15-16H2,1-5H3/t18-,24?,26?/m0/s1. The Morgan fingerprint density at radius 1 is 1.08 bits per heavy atom. The summed E-state index contributed by atoms with van der Waals surface area (Å²) in [6, 6.07) is 4.29. The molecule has 2 aliphatic heterocycles. The summed E-state index contributed by atoms with van der Waals surface area (Å²) >= 11 is 0. The SMILES string of the molecule is COC1Cc2cc(C(F)(F)F)ccc2C1N1CCN(C2(C)CCN(C(=O)c3c(C)ncnc3C)CC2)C[C@@H]1C. The molecule has 0 saturated carbocycles. The van der Waals surface area contributed by atoms with Crippen molar-refractivity contribution in [2.45, 2.75) is 76.9 Å². The van der Waals surface area contributed by atoms with E-state index in [0.717, 1.165) is 43.6 Å². The van der Waals surface area contributed by atoms with E-state index in [1.54, 1.807) is 13.2 Å². The number of methoxy groups -OCH3 is 1. The van der Waals surface area contributed by atoms with Crippen molar-refractivity contribution < 1.29 is 22.7 Å². The summed E-state index contributed by atoms with van der Waals surface area (Å²) in [7, 11) is 1.65. The van der Waals surface area contributed by atoms with Gasteiger partial charge in [-0.3, -0.25) is 14.6 Å². The molecule has 3 heterocycles. The first-order valence-electron chi connectivity index (χ1n) is 13.7. The van der Waals surface area contributed by atoms with Gasteiger partial charge in [-0.25, -0.2) is 9.97 Å². The molecule has 1 amide bonds. The molecule has 0 bridgehead atoms. The molecular weight excluding hydrogens is 507 g/mol. The lowest BCUT2D eigenvalue weighted by molar-refractivity contribution is -0.137. The average Bonchev–Trinajstić information content (AvgIpc) is 3.26. The Bertz CT molecular complexity index is 1210. The van der Waals surface area contributed by atoms with Gasteiger partial charge in [-0.1, -0.05) is 6.07 Å². The van der Waals surface area contributed by atoms with Crippen LogP contribution in [-0.4, -0.2) is 88.1 Å². The molecule has 0 spiro atoms. The number of likely N-dealkylation sites (tertiary alicyclic amines) is 1. The van der Waals surface area contributed by atoms with Crippen LogP contribution in [0.15, 0.2) is 24.5 Å². The van der Waals surface area contributed by atoms with Crippen LogP contribution in [0, 0.1) is 13.8 Å². The molecule has 39 heavy (non-hydrogen) atoms. The number of amides is 1. The van der Waals surface area contributed by atoms with Crippen LogP contribution in [0.25, 0.3) is 0 Å². The lowest BCUT2D eigenvalue weighted by Gasteiger charge is -2.53. The van der Waals surface area contributed by atoms with E-state index in [9.17, 15) is 18.0 Å². The molecule has 3 aliphatic rings. The number of nitrogens with zero attached hydrogens (tertiary/aromatic N) is 5. The van der Waals surface area contributed by atoms with Crippen LogP contribution in [0.5, 0.6) is 0 Å². The van der Waals surface area contributed by atoms with Crippen LogP contribution >= 0.6 is 0 Å². The molecule has 2 aromatic rings. The Labute approximate surface area is 228 Å². The second-order valence-electron chi connectivity index (χ2n) is 11.6. The lowest BCUT2D eigenvalue weighted by Crippen LogP contribution is -2.62. The average molecular weight is 546 g/mol. The van der Waals surface area contributed by atoms with Gasteiger partial charge in [0.1, 0.15) is 6.33 Å². The van der Waals surface area contributed by atoms with Gasteiger partial charge in [-0.2, -0.15) is 13.2 Å². The van der Waals surface area contributed by atoms with E-state index in [0.29, 0.717) is 36.5 Å². The zero-order valence-electron chi connectivity index (χ0n) is 23.4. The fraction of sp³-hybridized carbons (Fsp3) is 0.621. The minimum atomic E-state index is -4.35. The second kappa shape index (κ2) is 10.4. The number of carbonyl (C=O) groups excluding carboxylic acids is 1. The maximum atomic E-state index is 13.3. The van der Waals surface area contributed by atoms with E-state index in [1.807, 2.05) is 18.7 Å². The fourth-order valence-corrected chi connectivity index (χ4v) is 6.82. The number of fused-ring (bicyclic) bond motifs is 1. The number of aromatic nitrogens is 2. The highest BCUT2D eigenvalue weighted by Crippen LogP contribution is 2.43. The summed E-state index contributed by atoms with van der Waals surface area (Å²) in [6.45, 7) is 12.1. The van der Waals surface area contributed by atoms with Gasteiger partial charge in [-0.05, 0) is 63.8 Å². The molecule has 1 aliphatic carbocycles. The topological polar surface area (TPSA) is 61.8 Å². The first-order valence-corrected chi connectivity index (χ1v) is 13.7. The van der Waals surface area contributed by atoms with Gasteiger partial charge in [-0.15, -0.1) is 0 Å². The molecule has 2 unspecified atom stereocenters. The van der Waals surface area contributed by atoms with Gasteiger partial charge in [0.15, 0.2) is 0 Å². The minimum Gasteiger partial charge on any atom is -0.379 e. The van der Waals surface area contributed by atoms with Crippen molar-refractivity contribution in [2.75, 3.05) is 39.8 Å². The number of halogens is 3. The molecule has 3 atom stereocenters. The number of hydrogen-bond acceptors (Lipinski definition) is 6. The van der Waals surface area contributed by atoms with Crippen LogP contribution in [0.1, 0.15) is 71.2 Å². The molecule has 212 valence electrons. The zero-order chi connectivity index (χ0) is 28.1. The van der Waals surface area contributed by atoms with Crippen LogP contribution < -0.4 is 0 Å². The van der Waals surface area contributed by atoms with Crippen LogP contribution in [0.4, 0.5) is 13.2 Å². The summed E-state index contributed by atoms with van der Waals surface area (Å²) in [5, 5.41) is 0. The predicted octanol–water partition coefficient (Wildman–Crippen LogP) is 4.43. The number of rotatable bonds is 4. The van der Waals surface area contributed by atoms with E-state index < -0.39 is 11.7 Å². The molecule has 2 saturated heterocycles. The van der Waals surface area contributed by atoms with Gasteiger partial charge >= 0.3 is 6.18 Å². The quantitative estimate of drug-likeness (QED) is 0.567. The van der Waals surface area contributed by atoms with Crippen molar-refractivity contribution in [3.8, 4) is 0 Å². The molecule has 5 rings (SSSR count). The monoisotopic (exact) mass is 545 g/mol. The van der Waals surface area contributed by atoms with Gasteiger partial charge in [0.25, 0.3) is 5.91 Å². The van der Waals surface area contributed by atoms with Crippen molar-refractivity contribution in [1.29, 1.82) is 0 Å². The summed E-state index contributed by atoms with van der Waals surface area (Å²) in [5.74, 6) is 0.00465. The van der Waals surface area contributed by atoms with Crippen LogP contribution in [-0.2, 0) is 17.3 Å². The first-order chi connectivity index (χ1) is 18.4. The third kappa shape index (κ3) is 5.18. The molecular formula is C29H38F3N5O2. The van der Waals surface area contributed by atoms with Gasteiger partial charge in [0.05, 0.1) is 34.7 Å². The van der Waals surface area contributed by atoms with Crippen molar-refractivity contribution in [3.63, 3.8) is 0 Å².